The standard InChI is InChI=1S/C25H16Br2FN3O2S/c26-16-3-1-15(2-4-16)13-22-24(33)31(20-11-7-18(28)8-12-20)25(34-22)21(14-29)23(32)30-19-9-5-17(27)6-10-19/h1-12,22H,13H2,(H,30,32)/b25-21-/t22-/m1/s1. The molecule has 1 N–H and O–H groups in total. The Labute approximate surface area is 216 Å². The van der Waals surface area contributed by atoms with Crippen molar-refractivity contribution < 1.29 is 14.0 Å². The first-order valence-corrected chi connectivity index (χ1v) is 12.5. The SMILES string of the molecule is N#C/C(C(=O)Nc1ccc(Br)cc1)=C1/S[C@H](Cc2ccc(Br)cc2)C(=O)N1c1ccc(F)cc1. The smallest absolute Gasteiger partial charge is 0.269 e. The van der Waals surface area contributed by atoms with E-state index in [9.17, 15) is 19.2 Å². The molecule has 0 spiro atoms. The van der Waals surface area contributed by atoms with Crippen LogP contribution in [0.3, 0.4) is 0 Å². The number of nitriles is 1. The summed E-state index contributed by atoms with van der Waals surface area (Å²) in [6.45, 7) is 0. The Balaban J connectivity index is 1.71. The van der Waals surface area contributed by atoms with Crippen LogP contribution in [0.15, 0.2) is 92.3 Å². The van der Waals surface area contributed by atoms with Crippen LogP contribution >= 0.6 is 43.6 Å². The molecule has 4 rings (SSSR count). The molecule has 9 heteroatoms. The Bertz CT molecular complexity index is 1300. The van der Waals surface area contributed by atoms with E-state index in [1.165, 1.54) is 29.2 Å². The topological polar surface area (TPSA) is 73.2 Å². The van der Waals surface area contributed by atoms with Crippen LogP contribution in [0.4, 0.5) is 15.8 Å². The maximum Gasteiger partial charge on any atom is 0.269 e. The first-order valence-electron chi connectivity index (χ1n) is 10.1. The molecule has 1 aliphatic heterocycles. The van der Waals surface area contributed by atoms with Crippen molar-refractivity contribution in [2.45, 2.75) is 11.7 Å². The van der Waals surface area contributed by atoms with Gasteiger partial charge in [0.2, 0.25) is 5.91 Å². The molecule has 1 fully saturated rings. The molecule has 1 saturated heterocycles. The number of carbonyl (C=O) groups is 2. The van der Waals surface area contributed by atoms with Gasteiger partial charge in [-0.05, 0) is 72.6 Å². The number of nitrogens with zero attached hydrogens (tertiary/aromatic N) is 2. The zero-order valence-corrected chi connectivity index (χ0v) is 21.5. The number of thioether (sulfide) groups is 1. The van der Waals surface area contributed by atoms with E-state index in [1.807, 2.05) is 30.3 Å². The lowest BCUT2D eigenvalue weighted by Gasteiger charge is -2.18. The lowest BCUT2D eigenvalue weighted by atomic mass is 10.1. The highest BCUT2D eigenvalue weighted by molar-refractivity contribution is 9.10. The van der Waals surface area contributed by atoms with Gasteiger partial charge in [-0.3, -0.25) is 14.5 Å². The Morgan fingerprint density at radius 3 is 2.18 bits per heavy atom. The third kappa shape index (κ3) is 5.41. The number of halogens is 3. The van der Waals surface area contributed by atoms with E-state index in [4.69, 9.17) is 0 Å². The lowest BCUT2D eigenvalue weighted by molar-refractivity contribution is -0.117. The van der Waals surface area contributed by atoms with Gasteiger partial charge in [0.05, 0.1) is 5.25 Å². The Morgan fingerprint density at radius 2 is 1.59 bits per heavy atom. The summed E-state index contributed by atoms with van der Waals surface area (Å²) in [5, 5.41) is 12.3. The average Bonchev–Trinajstić information content (AvgIpc) is 3.13. The lowest BCUT2D eigenvalue weighted by Crippen LogP contribution is -2.30. The maximum atomic E-state index is 13.5. The van der Waals surface area contributed by atoms with Crippen molar-refractivity contribution in [1.82, 2.24) is 0 Å². The van der Waals surface area contributed by atoms with Gasteiger partial charge in [0.15, 0.2) is 0 Å². The van der Waals surface area contributed by atoms with Crippen LogP contribution in [-0.2, 0) is 16.0 Å². The molecule has 0 radical (unpaired) electrons. The van der Waals surface area contributed by atoms with Gasteiger partial charge in [0, 0.05) is 20.3 Å². The van der Waals surface area contributed by atoms with Crippen LogP contribution in [0.2, 0.25) is 0 Å². The quantitative estimate of drug-likeness (QED) is 0.271. The zero-order valence-electron chi connectivity index (χ0n) is 17.5. The molecule has 0 bridgehead atoms. The molecule has 170 valence electrons. The van der Waals surface area contributed by atoms with Crippen molar-refractivity contribution in [2.75, 3.05) is 10.2 Å². The monoisotopic (exact) mass is 599 g/mol. The number of anilines is 2. The fraction of sp³-hybridized carbons (Fsp3) is 0.0800. The first kappa shape index (κ1) is 24.2. The number of amides is 2. The molecule has 1 heterocycles. The molecule has 2 amide bonds. The second-order valence-electron chi connectivity index (χ2n) is 7.34. The molecule has 1 atom stereocenters. The Morgan fingerprint density at radius 1 is 1.00 bits per heavy atom. The first-order chi connectivity index (χ1) is 16.4. The fourth-order valence-corrected chi connectivity index (χ4v) is 5.21. The molecule has 3 aromatic carbocycles. The summed E-state index contributed by atoms with van der Waals surface area (Å²) >= 11 is 7.90. The molecular weight excluding hydrogens is 585 g/mol. The Hall–Kier alpha value is -2.93. The van der Waals surface area contributed by atoms with Gasteiger partial charge in [0.1, 0.15) is 22.5 Å². The summed E-state index contributed by atoms with van der Waals surface area (Å²) in [5.41, 5.74) is 1.64. The molecular formula is C25H16Br2FN3O2S. The third-order valence-corrected chi connectivity index (χ3v) is 7.35. The van der Waals surface area contributed by atoms with E-state index < -0.39 is 17.0 Å². The van der Waals surface area contributed by atoms with Crippen LogP contribution < -0.4 is 10.2 Å². The number of carbonyl (C=O) groups excluding carboxylic acids is 2. The summed E-state index contributed by atoms with van der Waals surface area (Å²) < 4.78 is 15.3. The minimum Gasteiger partial charge on any atom is -0.321 e. The molecule has 34 heavy (non-hydrogen) atoms. The molecule has 1 aliphatic rings. The van der Waals surface area contributed by atoms with E-state index >= 15 is 0 Å². The van der Waals surface area contributed by atoms with Gasteiger partial charge >= 0.3 is 0 Å². The second kappa shape index (κ2) is 10.6. The van der Waals surface area contributed by atoms with Crippen LogP contribution in [0, 0.1) is 17.1 Å². The second-order valence-corrected chi connectivity index (χ2v) is 10.4. The summed E-state index contributed by atoms with van der Waals surface area (Å²) in [6.07, 6.45) is 0.408. The van der Waals surface area contributed by atoms with Crippen LogP contribution in [0.1, 0.15) is 5.56 Å². The molecule has 0 aliphatic carbocycles. The highest BCUT2D eigenvalue weighted by Crippen LogP contribution is 2.42. The van der Waals surface area contributed by atoms with Gasteiger partial charge in [-0.15, -0.1) is 0 Å². The molecule has 0 unspecified atom stereocenters. The van der Waals surface area contributed by atoms with Gasteiger partial charge in [-0.1, -0.05) is 55.8 Å². The summed E-state index contributed by atoms with van der Waals surface area (Å²) in [6, 6.07) is 21.9. The van der Waals surface area contributed by atoms with Gasteiger partial charge in [0.25, 0.3) is 5.91 Å². The van der Waals surface area contributed by atoms with Crippen molar-refractivity contribution in [3.63, 3.8) is 0 Å². The largest absolute Gasteiger partial charge is 0.321 e. The molecule has 3 aromatic rings. The van der Waals surface area contributed by atoms with E-state index in [-0.39, 0.29) is 16.5 Å². The average molecular weight is 601 g/mol. The molecule has 5 nitrogen and oxygen atoms in total. The van der Waals surface area contributed by atoms with E-state index in [1.54, 1.807) is 24.3 Å². The predicted molar refractivity (Wildman–Crippen MR) is 139 cm³/mol. The van der Waals surface area contributed by atoms with Crippen molar-refractivity contribution in [3.05, 3.63) is 104 Å². The minimum atomic E-state index is -0.628. The van der Waals surface area contributed by atoms with Crippen molar-refractivity contribution in [2.24, 2.45) is 0 Å². The normalized spacial score (nSPS) is 16.8. The van der Waals surface area contributed by atoms with Gasteiger partial charge < -0.3 is 5.32 Å². The van der Waals surface area contributed by atoms with Crippen LogP contribution in [0.25, 0.3) is 0 Å². The summed E-state index contributed by atoms with van der Waals surface area (Å²) in [4.78, 5) is 27.8. The summed E-state index contributed by atoms with van der Waals surface area (Å²) in [7, 11) is 0. The molecule has 0 aromatic heterocycles. The van der Waals surface area contributed by atoms with Crippen LogP contribution in [-0.4, -0.2) is 17.1 Å². The van der Waals surface area contributed by atoms with Gasteiger partial charge in [-0.2, -0.15) is 5.26 Å². The Kier molecular flexibility index (Phi) is 7.51. The fourth-order valence-electron chi connectivity index (χ4n) is 3.37. The maximum absolute atomic E-state index is 13.5. The third-order valence-electron chi connectivity index (χ3n) is 5.03. The summed E-state index contributed by atoms with van der Waals surface area (Å²) in [5.74, 6) is -1.36. The number of rotatable bonds is 5. The van der Waals surface area contributed by atoms with E-state index in [0.717, 1.165) is 26.3 Å². The number of nitrogens with one attached hydrogen (secondary N) is 1. The van der Waals surface area contributed by atoms with E-state index in [2.05, 4.69) is 37.2 Å². The minimum absolute atomic E-state index is 0.191. The number of benzene rings is 3. The van der Waals surface area contributed by atoms with Gasteiger partial charge in [-0.25, -0.2) is 4.39 Å². The predicted octanol–water partition coefficient (Wildman–Crippen LogP) is 6.42. The van der Waals surface area contributed by atoms with E-state index in [0.29, 0.717) is 17.8 Å². The van der Waals surface area contributed by atoms with Crippen molar-refractivity contribution in [1.29, 1.82) is 5.26 Å². The highest BCUT2D eigenvalue weighted by Gasteiger charge is 2.40. The number of hydrogen-bond donors (Lipinski definition) is 1. The van der Waals surface area contributed by atoms with Crippen molar-refractivity contribution >= 4 is 66.8 Å². The number of hydrogen-bond acceptors (Lipinski definition) is 4. The van der Waals surface area contributed by atoms with Crippen LogP contribution in [0.5, 0.6) is 0 Å². The zero-order chi connectivity index (χ0) is 24.2. The van der Waals surface area contributed by atoms with Crippen molar-refractivity contribution in [3.8, 4) is 6.07 Å². The molecule has 0 saturated carbocycles. The highest BCUT2D eigenvalue weighted by atomic mass is 79.9.